The molecule has 2 saturated heterocycles. The molecular weight excluding hydrogens is 375 g/mol. The number of rotatable bonds is 6. The van der Waals surface area contributed by atoms with Crippen LogP contribution in [0.25, 0.3) is 0 Å². The van der Waals surface area contributed by atoms with Gasteiger partial charge in [-0.05, 0) is 56.3 Å². The van der Waals surface area contributed by atoms with Gasteiger partial charge in [0, 0.05) is 25.6 Å². The number of hydrogen-bond acceptors (Lipinski definition) is 6. The highest BCUT2D eigenvalue weighted by Crippen LogP contribution is 2.36. The number of β-amino-alcohol motifs (C(OH)–C–C–N with tert-alkyl or cyclic N) is 1. The predicted octanol–water partition coefficient (Wildman–Crippen LogP) is 2.29. The molecule has 4 fully saturated rings. The predicted molar refractivity (Wildman–Crippen MR) is 107 cm³/mol. The van der Waals surface area contributed by atoms with E-state index in [1.807, 2.05) is 0 Å². The number of hydrogen-bond donors (Lipinski definition) is 3. The summed E-state index contributed by atoms with van der Waals surface area (Å²) in [6, 6.07) is 0.0141. The number of carbonyl (C=O) groups is 1. The Hall–Kier alpha value is -0.760. The van der Waals surface area contributed by atoms with Gasteiger partial charge < -0.3 is 19.9 Å². The smallest absolute Gasteiger partial charge is 0.306 e. The zero-order valence-electron chi connectivity index (χ0n) is 17.4. The first kappa shape index (κ1) is 21.5. The van der Waals surface area contributed by atoms with Crippen molar-refractivity contribution >= 4 is 5.97 Å². The molecule has 7 heteroatoms. The standard InChI is InChI=1S/C22H37FN2O4/c23-17-3-1-2-15(8-17)10-21(27)29-22-18(25-11-19(22)26)9-14-4-6-16(7-5-14)20-12-24-13-28-20/h14-20,22,24-26H,1-13H2/t14?,15?,16?,17?,18-,19+,20?,22+/m1/s1. The fourth-order valence-electron chi connectivity index (χ4n) is 5.88. The van der Waals surface area contributed by atoms with Crippen LogP contribution in [-0.2, 0) is 14.3 Å². The van der Waals surface area contributed by atoms with Crippen molar-refractivity contribution in [2.75, 3.05) is 19.8 Å². The van der Waals surface area contributed by atoms with Crippen molar-refractivity contribution in [1.29, 1.82) is 0 Å². The molecule has 3 N–H and O–H groups in total. The van der Waals surface area contributed by atoms with Gasteiger partial charge in [0.1, 0.15) is 18.4 Å². The summed E-state index contributed by atoms with van der Waals surface area (Å²) in [4.78, 5) is 12.4. The van der Waals surface area contributed by atoms with Crippen LogP contribution < -0.4 is 10.6 Å². The first-order valence-corrected chi connectivity index (χ1v) is 11.7. The van der Waals surface area contributed by atoms with E-state index in [2.05, 4.69) is 10.6 Å². The average molecular weight is 413 g/mol. The highest BCUT2D eigenvalue weighted by molar-refractivity contribution is 5.70. The third kappa shape index (κ3) is 5.69. The topological polar surface area (TPSA) is 79.8 Å². The zero-order chi connectivity index (χ0) is 20.2. The maximum Gasteiger partial charge on any atom is 0.306 e. The first-order valence-electron chi connectivity index (χ1n) is 11.7. The minimum atomic E-state index is -0.784. The van der Waals surface area contributed by atoms with E-state index in [9.17, 15) is 14.3 Å². The fourth-order valence-corrected chi connectivity index (χ4v) is 5.88. The van der Waals surface area contributed by atoms with Crippen molar-refractivity contribution in [3.8, 4) is 0 Å². The van der Waals surface area contributed by atoms with Gasteiger partial charge >= 0.3 is 5.97 Å². The molecule has 2 aliphatic heterocycles. The molecule has 0 radical (unpaired) electrons. The Balaban J connectivity index is 1.22. The maximum absolute atomic E-state index is 13.6. The van der Waals surface area contributed by atoms with Gasteiger partial charge in [0.15, 0.2) is 0 Å². The van der Waals surface area contributed by atoms with Crippen LogP contribution in [0.1, 0.15) is 64.2 Å². The van der Waals surface area contributed by atoms with Crippen LogP contribution in [0.2, 0.25) is 0 Å². The number of carbonyl (C=O) groups excluding carboxylic acids is 1. The van der Waals surface area contributed by atoms with Crippen LogP contribution in [0, 0.1) is 17.8 Å². The normalized spacial score (nSPS) is 43.4. The van der Waals surface area contributed by atoms with Gasteiger partial charge in [-0.15, -0.1) is 0 Å². The summed E-state index contributed by atoms with van der Waals surface area (Å²) in [7, 11) is 0. The van der Waals surface area contributed by atoms with Gasteiger partial charge in [-0.1, -0.05) is 19.3 Å². The Labute approximate surface area is 173 Å². The molecule has 3 unspecified atom stereocenters. The Morgan fingerprint density at radius 3 is 2.66 bits per heavy atom. The number of nitrogens with one attached hydrogen (secondary N) is 2. The summed E-state index contributed by atoms with van der Waals surface area (Å²) in [5.74, 6) is 1.04. The van der Waals surface area contributed by atoms with Crippen LogP contribution in [-0.4, -0.2) is 61.4 Å². The van der Waals surface area contributed by atoms with Gasteiger partial charge in [-0.3, -0.25) is 10.1 Å². The van der Waals surface area contributed by atoms with Gasteiger partial charge in [0.25, 0.3) is 0 Å². The second-order valence-electron chi connectivity index (χ2n) is 9.69. The van der Waals surface area contributed by atoms with Gasteiger partial charge in [-0.25, -0.2) is 4.39 Å². The summed E-state index contributed by atoms with van der Waals surface area (Å²) < 4.78 is 25.1. The van der Waals surface area contributed by atoms with E-state index in [4.69, 9.17) is 9.47 Å². The van der Waals surface area contributed by atoms with E-state index in [0.29, 0.717) is 44.1 Å². The van der Waals surface area contributed by atoms with Crippen LogP contribution in [0.4, 0.5) is 4.39 Å². The highest BCUT2D eigenvalue weighted by Gasteiger charge is 2.40. The van der Waals surface area contributed by atoms with Crippen molar-refractivity contribution in [3.05, 3.63) is 0 Å². The first-order chi connectivity index (χ1) is 14.1. The van der Waals surface area contributed by atoms with Crippen molar-refractivity contribution in [3.63, 3.8) is 0 Å². The fraction of sp³-hybridized carbons (Fsp3) is 0.955. The second-order valence-corrected chi connectivity index (χ2v) is 9.69. The molecule has 0 spiro atoms. The largest absolute Gasteiger partial charge is 0.458 e. The quantitative estimate of drug-likeness (QED) is 0.581. The molecule has 166 valence electrons. The Kier molecular flexibility index (Phi) is 7.43. The molecule has 0 aromatic rings. The third-order valence-corrected chi connectivity index (χ3v) is 7.56. The Morgan fingerprint density at radius 2 is 1.93 bits per heavy atom. The monoisotopic (exact) mass is 412 g/mol. The lowest BCUT2D eigenvalue weighted by molar-refractivity contribution is -0.155. The molecule has 0 bridgehead atoms. The molecule has 0 amide bonds. The molecule has 2 aliphatic carbocycles. The van der Waals surface area contributed by atoms with Crippen molar-refractivity contribution in [1.82, 2.24) is 10.6 Å². The second kappa shape index (κ2) is 10.0. The van der Waals surface area contributed by atoms with E-state index >= 15 is 0 Å². The molecular formula is C22H37FN2O4. The van der Waals surface area contributed by atoms with E-state index in [1.165, 1.54) is 25.7 Å². The van der Waals surface area contributed by atoms with Gasteiger partial charge in [0.2, 0.25) is 0 Å². The summed E-state index contributed by atoms with van der Waals surface area (Å²) in [5, 5.41) is 17.0. The lowest BCUT2D eigenvalue weighted by Crippen LogP contribution is -2.40. The molecule has 0 aromatic heterocycles. The lowest BCUT2D eigenvalue weighted by Gasteiger charge is -2.33. The van der Waals surface area contributed by atoms with E-state index in [0.717, 1.165) is 25.8 Å². The highest BCUT2D eigenvalue weighted by atomic mass is 19.1. The summed E-state index contributed by atoms with van der Waals surface area (Å²) in [6.45, 7) is 2.11. The van der Waals surface area contributed by atoms with Crippen molar-refractivity contribution < 1.29 is 23.8 Å². The number of alkyl halides is 1. The molecule has 2 heterocycles. The van der Waals surface area contributed by atoms with E-state index < -0.39 is 18.4 Å². The zero-order valence-corrected chi connectivity index (χ0v) is 17.4. The minimum absolute atomic E-state index is 0.0141. The Bertz CT molecular complexity index is 537. The van der Waals surface area contributed by atoms with Crippen molar-refractivity contribution in [2.45, 2.75) is 94.7 Å². The molecule has 6 nitrogen and oxygen atoms in total. The van der Waals surface area contributed by atoms with Crippen molar-refractivity contribution in [2.24, 2.45) is 17.8 Å². The summed E-state index contributed by atoms with van der Waals surface area (Å²) in [5.41, 5.74) is 0. The molecule has 6 atom stereocenters. The van der Waals surface area contributed by atoms with Crippen LogP contribution in [0.5, 0.6) is 0 Å². The molecule has 2 saturated carbocycles. The molecule has 0 aromatic carbocycles. The number of aliphatic hydroxyl groups is 1. The number of esters is 1. The minimum Gasteiger partial charge on any atom is -0.458 e. The average Bonchev–Trinajstić information content (AvgIpc) is 3.35. The molecule has 4 aliphatic rings. The summed E-state index contributed by atoms with van der Waals surface area (Å²) in [6.07, 6.45) is 7.17. The summed E-state index contributed by atoms with van der Waals surface area (Å²) >= 11 is 0. The van der Waals surface area contributed by atoms with E-state index in [1.54, 1.807) is 0 Å². The number of aliphatic hydroxyl groups excluding tert-OH is 1. The molecule has 4 rings (SSSR count). The van der Waals surface area contributed by atoms with Crippen LogP contribution in [0.15, 0.2) is 0 Å². The van der Waals surface area contributed by atoms with Gasteiger partial charge in [0.05, 0.1) is 12.8 Å². The molecule has 29 heavy (non-hydrogen) atoms. The lowest BCUT2D eigenvalue weighted by atomic mass is 9.77. The van der Waals surface area contributed by atoms with Crippen LogP contribution in [0.3, 0.4) is 0 Å². The third-order valence-electron chi connectivity index (χ3n) is 7.56. The number of ether oxygens (including phenoxy) is 2. The van der Waals surface area contributed by atoms with Gasteiger partial charge in [-0.2, -0.15) is 0 Å². The SMILES string of the molecule is O=C(CC1CCCC(F)C1)O[C@@H]1[C@@H](O)CN[C@@H]1CC1CCC(C2CNCO2)CC1. The van der Waals surface area contributed by atoms with E-state index in [-0.39, 0.29) is 24.3 Å². The Morgan fingerprint density at radius 1 is 1.10 bits per heavy atom. The number of halogens is 1. The maximum atomic E-state index is 13.6. The van der Waals surface area contributed by atoms with Crippen LogP contribution >= 0.6 is 0 Å².